The number of rotatable bonds is 10. The summed E-state index contributed by atoms with van der Waals surface area (Å²) in [5, 5.41) is 3.63. The van der Waals surface area contributed by atoms with Crippen LogP contribution in [0.5, 0.6) is 0 Å². The van der Waals surface area contributed by atoms with E-state index in [0.717, 1.165) is 25.7 Å². The molecule has 1 atom stereocenters. The maximum atomic E-state index is 5.59. The second-order valence-corrected chi connectivity index (χ2v) is 5.89. The van der Waals surface area contributed by atoms with Crippen molar-refractivity contribution in [3.05, 3.63) is 0 Å². The molecule has 0 amide bonds. The average Bonchev–Trinajstić information content (AvgIpc) is 2.43. The normalized spacial score (nSPS) is 19.7. The largest absolute Gasteiger partial charge is 0.380 e. The Morgan fingerprint density at radius 2 is 1.89 bits per heavy atom. The van der Waals surface area contributed by atoms with E-state index in [-0.39, 0.29) is 0 Å². The molecule has 114 valence electrons. The summed E-state index contributed by atoms with van der Waals surface area (Å²) in [5.41, 5.74) is 0. The topological polar surface area (TPSA) is 24.5 Å². The van der Waals surface area contributed by atoms with Crippen LogP contribution in [0.3, 0.4) is 0 Å². The number of hydrogen-bond donors (Lipinski definition) is 1. The Balaban J connectivity index is 2.02. The van der Waals surface area contributed by atoms with Gasteiger partial charge in [-0.3, -0.25) is 0 Å². The lowest BCUT2D eigenvalue weighted by molar-refractivity contribution is 0.122. The molecule has 0 aromatic carbocycles. The van der Waals surface area contributed by atoms with Crippen LogP contribution in [0.15, 0.2) is 0 Å². The average molecular weight is 270 g/mol. The van der Waals surface area contributed by atoms with Crippen molar-refractivity contribution in [2.75, 3.05) is 39.4 Å². The third kappa shape index (κ3) is 7.28. The summed E-state index contributed by atoms with van der Waals surface area (Å²) in [6, 6.07) is 0.638. The zero-order valence-electron chi connectivity index (χ0n) is 13.3. The van der Waals surface area contributed by atoms with Crippen LogP contribution >= 0.6 is 0 Å². The van der Waals surface area contributed by atoms with Crippen LogP contribution in [0, 0.1) is 5.92 Å². The zero-order chi connectivity index (χ0) is 13.9. The predicted octanol–water partition coefficient (Wildman–Crippen LogP) is 2.90. The number of hydrogen-bond acceptors (Lipinski definition) is 3. The minimum Gasteiger partial charge on any atom is -0.380 e. The minimum atomic E-state index is 0.638. The highest BCUT2D eigenvalue weighted by atomic mass is 16.5. The molecular weight excluding hydrogens is 236 g/mol. The van der Waals surface area contributed by atoms with E-state index in [1.165, 1.54) is 51.7 Å². The molecule has 0 spiro atoms. The van der Waals surface area contributed by atoms with Crippen molar-refractivity contribution in [3.8, 4) is 0 Å². The molecule has 0 aromatic rings. The summed E-state index contributed by atoms with van der Waals surface area (Å²) < 4.78 is 5.59. The predicted molar refractivity (Wildman–Crippen MR) is 82.6 cm³/mol. The van der Waals surface area contributed by atoms with Gasteiger partial charge in [-0.2, -0.15) is 0 Å². The van der Waals surface area contributed by atoms with Gasteiger partial charge in [0.05, 0.1) is 6.61 Å². The number of nitrogens with zero attached hydrogens (tertiary/aromatic N) is 1. The van der Waals surface area contributed by atoms with E-state index in [9.17, 15) is 0 Å². The Kier molecular flexibility index (Phi) is 9.48. The lowest BCUT2D eigenvalue weighted by Crippen LogP contribution is -2.43. The van der Waals surface area contributed by atoms with Crippen LogP contribution in [0.25, 0.3) is 0 Å². The molecular formula is C16H34N2O. The van der Waals surface area contributed by atoms with Crippen LogP contribution < -0.4 is 5.32 Å². The highest BCUT2D eigenvalue weighted by Crippen LogP contribution is 2.20. The van der Waals surface area contributed by atoms with E-state index in [1.807, 2.05) is 0 Å². The Morgan fingerprint density at radius 1 is 1.16 bits per heavy atom. The maximum Gasteiger partial charge on any atom is 0.0590 e. The van der Waals surface area contributed by atoms with Gasteiger partial charge < -0.3 is 15.0 Å². The minimum absolute atomic E-state index is 0.638. The lowest BCUT2D eigenvalue weighted by atomic mass is 9.90. The first-order valence-electron chi connectivity index (χ1n) is 8.31. The van der Waals surface area contributed by atoms with Crippen LogP contribution in [-0.4, -0.2) is 50.3 Å². The van der Waals surface area contributed by atoms with E-state index >= 15 is 0 Å². The van der Waals surface area contributed by atoms with E-state index in [0.29, 0.717) is 6.04 Å². The van der Waals surface area contributed by atoms with Gasteiger partial charge in [-0.05, 0) is 58.2 Å². The fourth-order valence-corrected chi connectivity index (χ4v) is 2.87. The smallest absolute Gasteiger partial charge is 0.0590 e. The van der Waals surface area contributed by atoms with Gasteiger partial charge in [-0.1, -0.05) is 20.3 Å². The molecule has 3 nitrogen and oxygen atoms in total. The molecule has 0 radical (unpaired) electrons. The third-order valence-electron chi connectivity index (χ3n) is 4.23. The Labute approximate surface area is 120 Å². The molecule has 0 aliphatic carbocycles. The van der Waals surface area contributed by atoms with Gasteiger partial charge >= 0.3 is 0 Å². The molecule has 1 heterocycles. The quantitative estimate of drug-likeness (QED) is 0.618. The first kappa shape index (κ1) is 16.9. The van der Waals surface area contributed by atoms with Crippen molar-refractivity contribution in [1.29, 1.82) is 0 Å². The van der Waals surface area contributed by atoms with E-state index < -0.39 is 0 Å². The second kappa shape index (κ2) is 10.6. The summed E-state index contributed by atoms with van der Waals surface area (Å²) >= 11 is 0. The number of piperidine rings is 1. The van der Waals surface area contributed by atoms with Gasteiger partial charge in [-0.15, -0.1) is 0 Å². The second-order valence-electron chi connectivity index (χ2n) is 5.89. The Hall–Kier alpha value is -0.120. The highest BCUT2D eigenvalue weighted by Gasteiger charge is 2.22. The first-order chi connectivity index (χ1) is 9.27. The summed E-state index contributed by atoms with van der Waals surface area (Å²) in [6.45, 7) is 13.4. The summed E-state index contributed by atoms with van der Waals surface area (Å²) in [6.07, 6.45) is 6.40. The molecule has 1 unspecified atom stereocenters. The van der Waals surface area contributed by atoms with Gasteiger partial charge in [0.1, 0.15) is 0 Å². The van der Waals surface area contributed by atoms with E-state index in [2.05, 4.69) is 31.0 Å². The molecule has 1 rings (SSSR count). The van der Waals surface area contributed by atoms with Crippen molar-refractivity contribution in [2.24, 2.45) is 5.92 Å². The number of ether oxygens (including phenoxy) is 1. The van der Waals surface area contributed by atoms with Gasteiger partial charge in [0.15, 0.2) is 0 Å². The molecule has 0 aromatic heterocycles. The lowest BCUT2D eigenvalue weighted by Gasteiger charge is -2.35. The van der Waals surface area contributed by atoms with Gasteiger partial charge in [0.2, 0.25) is 0 Å². The van der Waals surface area contributed by atoms with Crippen molar-refractivity contribution in [2.45, 2.75) is 58.9 Å². The van der Waals surface area contributed by atoms with E-state index in [1.54, 1.807) is 0 Å². The van der Waals surface area contributed by atoms with Gasteiger partial charge in [-0.25, -0.2) is 0 Å². The third-order valence-corrected chi connectivity index (χ3v) is 4.23. The summed E-state index contributed by atoms with van der Waals surface area (Å²) in [7, 11) is 0. The molecule has 3 heteroatoms. The molecule has 1 fully saturated rings. The fourth-order valence-electron chi connectivity index (χ4n) is 2.87. The highest BCUT2D eigenvalue weighted by molar-refractivity contribution is 4.79. The maximum absolute atomic E-state index is 5.59. The molecule has 0 bridgehead atoms. The Bertz CT molecular complexity index is 203. The van der Waals surface area contributed by atoms with Crippen LogP contribution in [0.2, 0.25) is 0 Å². The fraction of sp³-hybridized carbons (Fsp3) is 1.00. The summed E-state index contributed by atoms with van der Waals surface area (Å²) in [4.78, 5) is 2.61. The van der Waals surface area contributed by atoms with Crippen molar-refractivity contribution < 1.29 is 4.74 Å². The standard InChI is InChI=1S/C16H34N2O/c1-4-6-13-19-14-9-17-15(3)16-7-11-18(10-5-2)12-8-16/h15-17H,4-14H2,1-3H3. The van der Waals surface area contributed by atoms with Crippen molar-refractivity contribution in [1.82, 2.24) is 10.2 Å². The zero-order valence-corrected chi connectivity index (χ0v) is 13.3. The number of nitrogens with one attached hydrogen (secondary N) is 1. The van der Waals surface area contributed by atoms with Crippen molar-refractivity contribution >= 4 is 0 Å². The first-order valence-corrected chi connectivity index (χ1v) is 8.31. The van der Waals surface area contributed by atoms with Crippen LogP contribution in [-0.2, 0) is 4.74 Å². The Morgan fingerprint density at radius 3 is 2.53 bits per heavy atom. The molecule has 1 aliphatic heterocycles. The number of unbranched alkanes of at least 4 members (excludes halogenated alkanes) is 1. The summed E-state index contributed by atoms with van der Waals surface area (Å²) in [5.74, 6) is 0.851. The molecule has 0 saturated carbocycles. The van der Waals surface area contributed by atoms with Crippen LogP contribution in [0.4, 0.5) is 0 Å². The molecule has 1 aliphatic rings. The van der Waals surface area contributed by atoms with E-state index in [4.69, 9.17) is 4.74 Å². The monoisotopic (exact) mass is 270 g/mol. The SMILES string of the molecule is CCCCOCCNC(C)C1CCN(CCC)CC1. The van der Waals surface area contributed by atoms with Crippen molar-refractivity contribution in [3.63, 3.8) is 0 Å². The molecule has 19 heavy (non-hydrogen) atoms. The van der Waals surface area contributed by atoms with Gasteiger partial charge in [0.25, 0.3) is 0 Å². The van der Waals surface area contributed by atoms with Gasteiger partial charge in [0, 0.05) is 19.2 Å². The number of likely N-dealkylation sites (tertiary alicyclic amines) is 1. The molecule has 1 N–H and O–H groups in total. The molecule has 1 saturated heterocycles. The van der Waals surface area contributed by atoms with Crippen LogP contribution in [0.1, 0.15) is 52.9 Å².